The number of ether oxygens (including phenoxy) is 1. The molecule has 0 aliphatic rings. The average Bonchev–Trinajstić information content (AvgIpc) is 3.01. The van der Waals surface area contributed by atoms with Crippen molar-refractivity contribution in [1.29, 1.82) is 0 Å². The van der Waals surface area contributed by atoms with E-state index in [0.717, 1.165) is 11.0 Å². The highest BCUT2D eigenvalue weighted by Gasteiger charge is 2.09. The summed E-state index contributed by atoms with van der Waals surface area (Å²) >= 11 is 0. The van der Waals surface area contributed by atoms with Crippen LogP contribution in [-0.4, -0.2) is 27.6 Å². The van der Waals surface area contributed by atoms with Crippen molar-refractivity contribution < 1.29 is 14.1 Å². The lowest BCUT2D eigenvalue weighted by atomic mass is 10.3. The molecule has 0 aliphatic carbocycles. The number of nitrogens with zero attached hydrogens (tertiary/aromatic N) is 2. The van der Waals surface area contributed by atoms with E-state index >= 15 is 0 Å². The first-order chi connectivity index (χ1) is 9.70. The van der Waals surface area contributed by atoms with Crippen LogP contribution in [0.3, 0.4) is 0 Å². The number of nitrogens with one attached hydrogen (secondary N) is 2. The number of benzene rings is 1. The molecular formula is C13H12N4O3. The molecule has 0 atom stereocenters. The van der Waals surface area contributed by atoms with E-state index in [1.54, 1.807) is 13.0 Å². The van der Waals surface area contributed by atoms with Crippen LogP contribution in [0.15, 0.2) is 34.9 Å². The monoisotopic (exact) mass is 272 g/mol. The first-order valence-corrected chi connectivity index (χ1v) is 6.01. The van der Waals surface area contributed by atoms with Crippen molar-refractivity contribution in [2.45, 2.75) is 6.92 Å². The van der Waals surface area contributed by atoms with Gasteiger partial charge in [-0.05, 0) is 24.2 Å². The van der Waals surface area contributed by atoms with E-state index in [1.807, 2.05) is 24.3 Å². The number of amides is 1. The number of carbonyl (C=O) groups is 1. The Kier molecular flexibility index (Phi) is 3.08. The number of H-pyrrole nitrogens is 1. The van der Waals surface area contributed by atoms with Crippen molar-refractivity contribution in [2.75, 3.05) is 11.9 Å². The number of aromatic nitrogens is 3. The van der Waals surface area contributed by atoms with Crippen LogP contribution in [0, 0.1) is 6.92 Å². The van der Waals surface area contributed by atoms with E-state index in [1.165, 1.54) is 0 Å². The van der Waals surface area contributed by atoms with Gasteiger partial charge in [-0.3, -0.25) is 10.1 Å². The summed E-state index contributed by atoms with van der Waals surface area (Å²) in [4.78, 5) is 18.9. The van der Waals surface area contributed by atoms with Gasteiger partial charge in [-0.2, -0.15) is 0 Å². The number of imidazole rings is 1. The molecule has 2 N–H and O–H groups in total. The maximum absolute atomic E-state index is 11.7. The van der Waals surface area contributed by atoms with Crippen molar-refractivity contribution >= 4 is 22.9 Å². The second-order valence-corrected chi connectivity index (χ2v) is 4.22. The Hall–Kier alpha value is -2.83. The smallest absolute Gasteiger partial charge is 0.264 e. The quantitative estimate of drug-likeness (QED) is 0.756. The third-order valence-electron chi connectivity index (χ3n) is 2.60. The molecule has 0 spiro atoms. The molecule has 3 rings (SSSR count). The Morgan fingerprint density at radius 1 is 1.45 bits per heavy atom. The highest BCUT2D eigenvalue weighted by atomic mass is 16.5. The second-order valence-electron chi connectivity index (χ2n) is 4.22. The molecule has 7 heteroatoms. The summed E-state index contributed by atoms with van der Waals surface area (Å²) in [7, 11) is 0. The summed E-state index contributed by atoms with van der Waals surface area (Å²) in [5, 5.41) is 6.25. The Bertz CT molecular complexity index is 714. The zero-order valence-corrected chi connectivity index (χ0v) is 10.7. The molecule has 3 aromatic rings. The summed E-state index contributed by atoms with van der Waals surface area (Å²) in [6.45, 7) is 1.58. The Balaban J connectivity index is 1.60. The maximum atomic E-state index is 11.7. The van der Waals surface area contributed by atoms with Crippen molar-refractivity contribution in [3.05, 3.63) is 36.1 Å². The van der Waals surface area contributed by atoms with Crippen LogP contribution < -0.4 is 10.1 Å². The summed E-state index contributed by atoms with van der Waals surface area (Å²) < 4.78 is 10.0. The van der Waals surface area contributed by atoms with Gasteiger partial charge >= 0.3 is 0 Å². The molecule has 0 saturated heterocycles. The molecule has 0 aliphatic heterocycles. The predicted molar refractivity (Wildman–Crippen MR) is 71.5 cm³/mol. The molecular weight excluding hydrogens is 260 g/mol. The number of hydrogen-bond acceptors (Lipinski definition) is 5. The summed E-state index contributed by atoms with van der Waals surface area (Å²) in [6.07, 6.45) is 0. The molecule has 0 unspecified atom stereocenters. The van der Waals surface area contributed by atoms with Crippen LogP contribution in [-0.2, 0) is 4.79 Å². The fraction of sp³-hybridized carbons (Fsp3) is 0.154. The van der Waals surface area contributed by atoms with Gasteiger partial charge in [-0.1, -0.05) is 12.1 Å². The Morgan fingerprint density at radius 2 is 2.30 bits per heavy atom. The normalized spacial score (nSPS) is 10.7. The number of anilines is 1. The van der Waals surface area contributed by atoms with Crippen LogP contribution >= 0.6 is 0 Å². The van der Waals surface area contributed by atoms with Crippen LogP contribution in [0.5, 0.6) is 5.88 Å². The minimum Gasteiger partial charge on any atom is -0.465 e. The van der Waals surface area contributed by atoms with Crippen LogP contribution in [0.2, 0.25) is 0 Å². The van der Waals surface area contributed by atoms with Crippen molar-refractivity contribution in [1.82, 2.24) is 15.1 Å². The van der Waals surface area contributed by atoms with Gasteiger partial charge in [0.1, 0.15) is 5.76 Å². The lowest BCUT2D eigenvalue weighted by Gasteiger charge is -2.01. The summed E-state index contributed by atoms with van der Waals surface area (Å²) in [6, 6.07) is 9.12. The van der Waals surface area contributed by atoms with E-state index in [2.05, 4.69) is 20.4 Å². The largest absolute Gasteiger partial charge is 0.465 e. The van der Waals surface area contributed by atoms with Gasteiger partial charge < -0.3 is 14.2 Å². The van der Waals surface area contributed by atoms with Crippen LogP contribution in [0.25, 0.3) is 11.0 Å². The molecule has 7 nitrogen and oxygen atoms in total. The van der Waals surface area contributed by atoms with Gasteiger partial charge in [-0.15, -0.1) is 0 Å². The molecule has 102 valence electrons. The topological polar surface area (TPSA) is 93.0 Å². The number of aromatic amines is 1. The van der Waals surface area contributed by atoms with Crippen LogP contribution in [0.4, 0.5) is 5.95 Å². The summed E-state index contributed by atoms with van der Waals surface area (Å²) in [5.74, 6) is 0.959. The number of rotatable bonds is 4. The molecule has 0 radical (unpaired) electrons. The van der Waals surface area contributed by atoms with Gasteiger partial charge in [-0.25, -0.2) is 4.98 Å². The lowest BCUT2D eigenvalue weighted by Crippen LogP contribution is -2.20. The van der Waals surface area contributed by atoms with Crippen molar-refractivity contribution in [3.8, 4) is 5.88 Å². The third kappa shape index (κ3) is 2.61. The SMILES string of the molecule is Cc1cc(OCC(=O)Nc2nc3ccccc3[nH]2)no1. The lowest BCUT2D eigenvalue weighted by molar-refractivity contribution is -0.118. The number of para-hydroxylation sites is 2. The number of hydrogen-bond donors (Lipinski definition) is 2. The third-order valence-corrected chi connectivity index (χ3v) is 2.60. The van der Waals surface area contributed by atoms with Gasteiger partial charge in [0, 0.05) is 6.07 Å². The first-order valence-electron chi connectivity index (χ1n) is 6.01. The molecule has 0 fully saturated rings. The Morgan fingerprint density at radius 3 is 3.05 bits per heavy atom. The molecule has 2 aromatic heterocycles. The predicted octanol–water partition coefficient (Wildman–Crippen LogP) is 1.88. The number of fused-ring (bicyclic) bond motifs is 1. The van der Waals surface area contributed by atoms with E-state index in [-0.39, 0.29) is 18.4 Å². The van der Waals surface area contributed by atoms with Crippen molar-refractivity contribution in [3.63, 3.8) is 0 Å². The van der Waals surface area contributed by atoms with Crippen LogP contribution in [0.1, 0.15) is 5.76 Å². The highest BCUT2D eigenvalue weighted by Crippen LogP contribution is 2.13. The number of aryl methyl sites for hydroxylation is 1. The van der Waals surface area contributed by atoms with E-state index in [0.29, 0.717) is 11.7 Å². The molecule has 1 amide bonds. The van der Waals surface area contributed by atoms with Gasteiger partial charge in [0.2, 0.25) is 5.95 Å². The molecule has 0 bridgehead atoms. The van der Waals surface area contributed by atoms with Gasteiger partial charge in [0.25, 0.3) is 11.8 Å². The molecule has 2 heterocycles. The average molecular weight is 272 g/mol. The standard InChI is InChI=1S/C13H12N4O3/c1-8-6-12(17-20-8)19-7-11(18)16-13-14-9-4-2-3-5-10(9)15-13/h2-6H,7H2,1H3,(H2,14,15,16,18). The fourth-order valence-electron chi connectivity index (χ4n) is 1.73. The molecule has 1 aromatic carbocycles. The van der Waals surface area contributed by atoms with Crippen molar-refractivity contribution in [2.24, 2.45) is 0 Å². The van der Waals surface area contributed by atoms with Gasteiger partial charge in [0.15, 0.2) is 6.61 Å². The second kappa shape index (κ2) is 5.04. The van der Waals surface area contributed by atoms with E-state index in [9.17, 15) is 4.79 Å². The minimum absolute atomic E-state index is 0.164. The molecule has 0 saturated carbocycles. The molecule has 20 heavy (non-hydrogen) atoms. The Labute approximate surface area is 113 Å². The number of carbonyl (C=O) groups excluding carboxylic acids is 1. The van der Waals surface area contributed by atoms with E-state index in [4.69, 9.17) is 9.26 Å². The summed E-state index contributed by atoms with van der Waals surface area (Å²) in [5.41, 5.74) is 1.65. The minimum atomic E-state index is -0.329. The first kappa shape index (κ1) is 12.2. The van der Waals surface area contributed by atoms with Gasteiger partial charge in [0.05, 0.1) is 11.0 Å². The zero-order valence-electron chi connectivity index (χ0n) is 10.7. The highest BCUT2D eigenvalue weighted by molar-refractivity contribution is 5.92. The zero-order chi connectivity index (χ0) is 13.9. The fourth-order valence-corrected chi connectivity index (χ4v) is 1.73. The maximum Gasteiger partial charge on any atom is 0.264 e. The van der Waals surface area contributed by atoms with E-state index < -0.39 is 0 Å².